The van der Waals surface area contributed by atoms with Crippen LogP contribution in [0.5, 0.6) is 0 Å². The third kappa shape index (κ3) is 10.0. The first-order chi connectivity index (χ1) is 9.43. The van der Waals surface area contributed by atoms with Crippen LogP contribution in [0.2, 0.25) is 0 Å². The SMILES string of the molecule is CCCCCCCCCNCCSc1ccccc1. The van der Waals surface area contributed by atoms with Gasteiger partial charge in [0.05, 0.1) is 0 Å². The molecule has 0 aliphatic heterocycles. The van der Waals surface area contributed by atoms with Crippen molar-refractivity contribution in [3.05, 3.63) is 30.3 Å². The molecule has 0 spiro atoms. The van der Waals surface area contributed by atoms with Crippen molar-refractivity contribution in [2.75, 3.05) is 18.8 Å². The van der Waals surface area contributed by atoms with Gasteiger partial charge in [0, 0.05) is 17.2 Å². The Morgan fingerprint density at radius 3 is 2.26 bits per heavy atom. The van der Waals surface area contributed by atoms with E-state index in [-0.39, 0.29) is 0 Å². The second kappa shape index (κ2) is 12.6. The highest BCUT2D eigenvalue weighted by Crippen LogP contribution is 2.15. The molecule has 0 radical (unpaired) electrons. The first kappa shape index (κ1) is 16.6. The van der Waals surface area contributed by atoms with Crippen molar-refractivity contribution in [2.24, 2.45) is 0 Å². The van der Waals surface area contributed by atoms with E-state index >= 15 is 0 Å². The third-order valence-electron chi connectivity index (χ3n) is 3.25. The van der Waals surface area contributed by atoms with Crippen molar-refractivity contribution in [3.63, 3.8) is 0 Å². The number of rotatable bonds is 12. The minimum absolute atomic E-state index is 1.12. The molecule has 2 heteroatoms. The van der Waals surface area contributed by atoms with Crippen molar-refractivity contribution in [3.8, 4) is 0 Å². The molecule has 0 heterocycles. The summed E-state index contributed by atoms with van der Waals surface area (Å²) in [6, 6.07) is 10.6. The fraction of sp³-hybridized carbons (Fsp3) is 0.647. The van der Waals surface area contributed by atoms with E-state index in [4.69, 9.17) is 0 Å². The van der Waals surface area contributed by atoms with Gasteiger partial charge in [0.15, 0.2) is 0 Å². The zero-order valence-corrected chi connectivity index (χ0v) is 13.2. The second-order valence-electron chi connectivity index (χ2n) is 5.03. The van der Waals surface area contributed by atoms with Gasteiger partial charge in [-0.3, -0.25) is 0 Å². The molecule has 1 rings (SSSR count). The second-order valence-corrected chi connectivity index (χ2v) is 6.20. The molecule has 1 nitrogen and oxygen atoms in total. The molecule has 0 bridgehead atoms. The summed E-state index contributed by atoms with van der Waals surface area (Å²) >= 11 is 1.94. The molecule has 0 aliphatic rings. The van der Waals surface area contributed by atoms with Crippen LogP contribution in [0.15, 0.2) is 35.2 Å². The molecule has 0 fully saturated rings. The quantitative estimate of drug-likeness (QED) is 0.421. The van der Waals surface area contributed by atoms with Gasteiger partial charge in [0.25, 0.3) is 0 Å². The maximum atomic E-state index is 3.54. The predicted octanol–water partition coefficient (Wildman–Crippen LogP) is 5.12. The van der Waals surface area contributed by atoms with E-state index in [1.54, 1.807) is 0 Å². The average molecular weight is 279 g/mol. The van der Waals surface area contributed by atoms with Crippen molar-refractivity contribution in [2.45, 2.75) is 56.8 Å². The largest absolute Gasteiger partial charge is 0.316 e. The minimum Gasteiger partial charge on any atom is -0.316 e. The zero-order valence-electron chi connectivity index (χ0n) is 12.4. The van der Waals surface area contributed by atoms with Gasteiger partial charge in [0.2, 0.25) is 0 Å². The lowest BCUT2D eigenvalue weighted by atomic mass is 10.1. The van der Waals surface area contributed by atoms with E-state index in [1.165, 1.54) is 62.1 Å². The normalized spacial score (nSPS) is 10.8. The third-order valence-corrected chi connectivity index (χ3v) is 4.26. The summed E-state index contributed by atoms with van der Waals surface area (Å²) in [4.78, 5) is 1.38. The minimum atomic E-state index is 1.12. The van der Waals surface area contributed by atoms with Crippen LogP contribution in [0.25, 0.3) is 0 Å². The Morgan fingerprint density at radius 2 is 1.53 bits per heavy atom. The van der Waals surface area contributed by atoms with E-state index in [9.17, 15) is 0 Å². The maximum Gasteiger partial charge on any atom is 0.0106 e. The molecule has 0 amide bonds. The number of unbranched alkanes of at least 4 members (excludes halogenated alkanes) is 6. The molecular formula is C17H29NS. The van der Waals surface area contributed by atoms with Crippen LogP contribution in [0, 0.1) is 0 Å². The molecule has 108 valence electrons. The van der Waals surface area contributed by atoms with Crippen molar-refractivity contribution >= 4 is 11.8 Å². The molecule has 19 heavy (non-hydrogen) atoms. The van der Waals surface area contributed by atoms with Gasteiger partial charge in [-0.15, -0.1) is 11.8 Å². The molecule has 0 unspecified atom stereocenters. The van der Waals surface area contributed by atoms with E-state index in [0.29, 0.717) is 0 Å². The van der Waals surface area contributed by atoms with Gasteiger partial charge in [-0.25, -0.2) is 0 Å². The van der Waals surface area contributed by atoms with Gasteiger partial charge in [-0.05, 0) is 25.1 Å². The monoisotopic (exact) mass is 279 g/mol. The summed E-state index contributed by atoms with van der Waals surface area (Å²) < 4.78 is 0. The molecule has 1 aromatic rings. The van der Waals surface area contributed by atoms with Gasteiger partial charge in [-0.2, -0.15) is 0 Å². The Bertz CT molecular complexity index is 287. The van der Waals surface area contributed by atoms with Gasteiger partial charge >= 0.3 is 0 Å². The smallest absolute Gasteiger partial charge is 0.0106 e. The molecular weight excluding hydrogens is 250 g/mol. The summed E-state index contributed by atoms with van der Waals surface area (Å²) in [6.45, 7) is 4.58. The first-order valence-corrected chi connectivity index (χ1v) is 8.80. The zero-order chi connectivity index (χ0) is 13.6. The fourth-order valence-corrected chi connectivity index (χ4v) is 2.92. The summed E-state index contributed by atoms with van der Waals surface area (Å²) in [7, 11) is 0. The predicted molar refractivity (Wildman–Crippen MR) is 88.0 cm³/mol. The Kier molecular flexibility index (Phi) is 11.0. The molecule has 1 aromatic carbocycles. The van der Waals surface area contributed by atoms with Crippen molar-refractivity contribution < 1.29 is 0 Å². The van der Waals surface area contributed by atoms with E-state index in [1.807, 2.05) is 11.8 Å². The van der Waals surface area contributed by atoms with Crippen molar-refractivity contribution in [1.82, 2.24) is 5.32 Å². The van der Waals surface area contributed by atoms with Crippen LogP contribution < -0.4 is 5.32 Å². The fourth-order valence-electron chi connectivity index (χ4n) is 2.09. The number of benzene rings is 1. The number of thioether (sulfide) groups is 1. The molecule has 0 saturated heterocycles. The molecule has 0 aromatic heterocycles. The number of hydrogen-bond donors (Lipinski definition) is 1. The molecule has 1 N–H and O–H groups in total. The van der Waals surface area contributed by atoms with Crippen LogP contribution in [-0.2, 0) is 0 Å². The van der Waals surface area contributed by atoms with Crippen molar-refractivity contribution in [1.29, 1.82) is 0 Å². The molecule has 0 saturated carbocycles. The van der Waals surface area contributed by atoms with Gasteiger partial charge in [0.1, 0.15) is 0 Å². The van der Waals surface area contributed by atoms with Crippen LogP contribution in [0.3, 0.4) is 0 Å². The lowest BCUT2D eigenvalue weighted by molar-refractivity contribution is 0.569. The Labute approximate surface area is 123 Å². The lowest BCUT2D eigenvalue weighted by Gasteiger charge is -2.05. The summed E-state index contributed by atoms with van der Waals surface area (Å²) in [5.74, 6) is 1.17. The van der Waals surface area contributed by atoms with Gasteiger partial charge in [-0.1, -0.05) is 63.6 Å². The first-order valence-electron chi connectivity index (χ1n) is 7.82. The lowest BCUT2D eigenvalue weighted by Crippen LogP contribution is -2.18. The Balaban J connectivity index is 1.79. The van der Waals surface area contributed by atoms with E-state index in [0.717, 1.165) is 6.54 Å². The van der Waals surface area contributed by atoms with Crippen LogP contribution >= 0.6 is 11.8 Å². The van der Waals surface area contributed by atoms with E-state index in [2.05, 4.69) is 42.6 Å². The highest BCUT2D eigenvalue weighted by atomic mass is 32.2. The van der Waals surface area contributed by atoms with E-state index < -0.39 is 0 Å². The number of nitrogens with one attached hydrogen (secondary N) is 1. The van der Waals surface area contributed by atoms with Gasteiger partial charge < -0.3 is 5.32 Å². The average Bonchev–Trinajstić information content (AvgIpc) is 2.46. The summed E-state index contributed by atoms with van der Waals surface area (Å²) in [6.07, 6.45) is 9.76. The Morgan fingerprint density at radius 1 is 0.842 bits per heavy atom. The standard InChI is InChI=1S/C17H29NS/c1-2-3-4-5-6-7-11-14-18-15-16-19-17-12-9-8-10-13-17/h8-10,12-13,18H,2-7,11,14-16H2,1H3. The highest BCUT2D eigenvalue weighted by Gasteiger charge is 1.93. The van der Waals surface area contributed by atoms with Crippen LogP contribution in [0.4, 0.5) is 0 Å². The van der Waals surface area contributed by atoms with Crippen LogP contribution in [-0.4, -0.2) is 18.8 Å². The topological polar surface area (TPSA) is 12.0 Å². The maximum absolute atomic E-state index is 3.54. The summed E-state index contributed by atoms with van der Waals surface area (Å²) in [5, 5.41) is 3.54. The molecule has 0 atom stereocenters. The molecule has 0 aliphatic carbocycles. The Hall–Kier alpha value is -0.470. The van der Waals surface area contributed by atoms with Crippen LogP contribution in [0.1, 0.15) is 51.9 Å². The highest BCUT2D eigenvalue weighted by molar-refractivity contribution is 7.99. The number of hydrogen-bond acceptors (Lipinski definition) is 2. The summed E-state index contributed by atoms with van der Waals surface area (Å²) in [5.41, 5.74) is 0.